The maximum atomic E-state index is 12.4. The van der Waals surface area contributed by atoms with Gasteiger partial charge in [0, 0.05) is 10.7 Å². The Labute approximate surface area is 98.8 Å². The molecule has 17 heavy (non-hydrogen) atoms. The zero-order valence-electron chi connectivity index (χ0n) is 8.22. The molecule has 0 aromatic carbocycles. The van der Waals surface area contributed by atoms with Crippen LogP contribution in [0.4, 0.5) is 14.5 Å². The number of halogens is 3. The molecule has 1 rings (SSSR count). The van der Waals surface area contributed by atoms with E-state index in [1.165, 1.54) is 0 Å². The van der Waals surface area contributed by atoms with Gasteiger partial charge in [0.1, 0.15) is 11.4 Å². The Morgan fingerprint density at radius 2 is 2.06 bits per heavy atom. The fourth-order valence-electron chi connectivity index (χ4n) is 1.18. The highest BCUT2D eigenvalue weighted by Gasteiger charge is 2.30. The third-order valence-electron chi connectivity index (χ3n) is 1.82. The molecular formula is C7H5ClF2N2O4S. The van der Waals surface area contributed by atoms with Gasteiger partial charge in [-0.2, -0.15) is 0 Å². The molecule has 0 spiro atoms. The highest BCUT2D eigenvalue weighted by molar-refractivity contribution is 8.13. The first kappa shape index (κ1) is 13.7. The zero-order valence-corrected chi connectivity index (χ0v) is 9.80. The van der Waals surface area contributed by atoms with Crippen LogP contribution in [0.15, 0.2) is 11.0 Å². The normalized spacial score (nSPS) is 11.8. The molecule has 0 unspecified atom stereocenters. The lowest BCUT2D eigenvalue weighted by atomic mass is 10.2. The Kier molecular flexibility index (Phi) is 3.62. The molecule has 0 bridgehead atoms. The lowest BCUT2D eigenvalue weighted by Gasteiger charge is -2.05. The average molecular weight is 287 g/mol. The first-order valence-corrected chi connectivity index (χ1v) is 6.34. The van der Waals surface area contributed by atoms with Crippen LogP contribution in [0.25, 0.3) is 0 Å². The van der Waals surface area contributed by atoms with E-state index in [2.05, 4.69) is 4.98 Å². The third kappa shape index (κ3) is 2.86. The fraction of sp³-hybridized carbons (Fsp3) is 0.286. The van der Waals surface area contributed by atoms with Crippen molar-refractivity contribution in [3.63, 3.8) is 0 Å². The molecular weight excluding hydrogens is 282 g/mol. The highest BCUT2D eigenvalue weighted by atomic mass is 35.7. The van der Waals surface area contributed by atoms with E-state index in [0.717, 1.165) is 6.92 Å². The van der Waals surface area contributed by atoms with Gasteiger partial charge in [0.15, 0.2) is 4.90 Å². The van der Waals surface area contributed by atoms with E-state index >= 15 is 0 Å². The maximum absolute atomic E-state index is 12.4. The summed E-state index contributed by atoms with van der Waals surface area (Å²) in [4.78, 5) is 11.9. The number of nitro groups is 1. The molecule has 0 aliphatic carbocycles. The molecule has 94 valence electrons. The van der Waals surface area contributed by atoms with Gasteiger partial charge in [-0.05, 0) is 13.0 Å². The number of nitrogens with zero attached hydrogens (tertiary/aromatic N) is 2. The van der Waals surface area contributed by atoms with Gasteiger partial charge in [0.25, 0.3) is 15.5 Å². The Morgan fingerprint density at radius 1 is 1.53 bits per heavy atom. The molecule has 0 N–H and O–H groups in total. The van der Waals surface area contributed by atoms with Gasteiger partial charge in [0.05, 0.1) is 4.92 Å². The summed E-state index contributed by atoms with van der Waals surface area (Å²) in [5, 5.41) is 10.6. The molecule has 0 aliphatic heterocycles. The lowest BCUT2D eigenvalue weighted by Crippen LogP contribution is -2.06. The Morgan fingerprint density at radius 3 is 2.41 bits per heavy atom. The molecule has 10 heteroatoms. The summed E-state index contributed by atoms with van der Waals surface area (Å²) >= 11 is 0. The molecule has 1 aromatic heterocycles. The van der Waals surface area contributed by atoms with Crippen LogP contribution in [0.2, 0.25) is 0 Å². The second-order valence-electron chi connectivity index (χ2n) is 2.97. The SMILES string of the molecule is Cc1nc(C(F)F)cc(S(=O)(=O)Cl)c1[N+](=O)[O-]. The van der Waals surface area contributed by atoms with E-state index in [1.807, 2.05) is 0 Å². The van der Waals surface area contributed by atoms with Crippen molar-refractivity contribution in [2.45, 2.75) is 18.2 Å². The van der Waals surface area contributed by atoms with Crippen LogP contribution < -0.4 is 0 Å². The van der Waals surface area contributed by atoms with Gasteiger partial charge in [-0.1, -0.05) is 0 Å². The van der Waals surface area contributed by atoms with Crippen molar-refractivity contribution in [2.75, 3.05) is 0 Å². The first-order valence-electron chi connectivity index (χ1n) is 4.03. The largest absolute Gasteiger partial charge is 0.310 e. The van der Waals surface area contributed by atoms with Crippen LogP contribution in [0, 0.1) is 17.0 Å². The van der Waals surface area contributed by atoms with Gasteiger partial charge < -0.3 is 0 Å². The Hall–Kier alpha value is -1.35. The minimum Gasteiger partial charge on any atom is -0.258 e. The van der Waals surface area contributed by atoms with Crippen LogP contribution in [0.1, 0.15) is 17.8 Å². The van der Waals surface area contributed by atoms with Gasteiger partial charge in [0.2, 0.25) is 0 Å². The van der Waals surface area contributed by atoms with E-state index in [9.17, 15) is 27.3 Å². The number of pyridine rings is 1. The molecule has 0 fully saturated rings. The molecule has 0 saturated carbocycles. The monoisotopic (exact) mass is 286 g/mol. The molecule has 0 saturated heterocycles. The number of aryl methyl sites for hydroxylation is 1. The van der Waals surface area contributed by atoms with Crippen molar-refractivity contribution in [3.05, 3.63) is 27.6 Å². The zero-order chi connectivity index (χ0) is 13.4. The lowest BCUT2D eigenvalue weighted by molar-refractivity contribution is -0.388. The van der Waals surface area contributed by atoms with E-state index < -0.39 is 42.4 Å². The molecule has 0 amide bonds. The topological polar surface area (TPSA) is 90.2 Å². The van der Waals surface area contributed by atoms with Crippen LogP contribution in [-0.2, 0) is 9.05 Å². The Bertz CT molecular complexity index is 575. The Balaban J connectivity index is 3.69. The van der Waals surface area contributed by atoms with E-state index in [4.69, 9.17) is 10.7 Å². The number of rotatable bonds is 3. The van der Waals surface area contributed by atoms with Crippen molar-refractivity contribution < 1.29 is 22.1 Å². The van der Waals surface area contributed by atoms with Gasteiger partial charge in [-0.15, -0.1) is 0 Å². The predicted molar refractivity (Wildman–Crippen MR) is 53.6 cm³/mol. The molecule has 0 aliphatic rings. The number of hydrogen-bond acceptors (Lipinski definition) is 5. The second kappa shape index (κ2) is 4.49. The first-order chi connectivity index (χ1) is 7.64. The van der Waals surface area contributed by atoms with E-state index in [1.54, 1.807) is 0 Å². The highest BCUT2D eigenvalue weighted by Crippen LogP contribution is 2.32. The van der Waals surface area contributed by atoms with Crippen LogP contribution >= 0.6 is 10.7 Å². The smallest absolute Gasteiger partial charge is 0.258 e. The average Bonchev–Trinajstić information content (AvgIpc) is 2.14. The predicted octanol–water partition coefficient (Wildman–Crippen LogP) is 2.16. The fourth-order valence-corrected chi connectivity index (χ4v) is 2.25. The van der Waals surface area contributed by atoms with E-state index in [-0.39, 0.29) is 0 Å². The number of alkyl halides is 2. The minimum atomic E-state index is -4.50. The van der Waals surface area contributed by atoms with Crippen molar-refractivity contribution >= 4 is 25.4 Å². The standard InChI is InChI=1S/C7H5ClF2N2O4S/c1-3-6(12(13)14)5(17(8,15)16)2-4(11-3)7(9)10/h2,7H,1H3. The molecule has 6 nitrogen and oxygen atoms in total. The summed E-state index contributed by atoms with van der Waals surface area (Å²) in [6.45, 7) is 1.05. The summed E-state index contributed by atoms with van der Waals surface area (Å²) in [6.07, 6.45) is -3.05. The maximum Gasteiger partial charge on any atom is 0.310 e. The summed E-state index contributed by atoms with van der Waals surface area (Å²) in [6, 6.07) is 0.401. The van der Waals surface area contributed by atoms with Crippen LogP contribution in [0.5, 0.6) is 0 Å². The van der Waals surface area contributed by atoms with Gasteiger partial charge in [-0.3, -0.25) is 10.1 Å². The minimum absolute atomic E-state index is 0.401. The van der Waals surface area contributed by atoms with Crippen LogP contribution in [-0.4, -0.2) is 18.3 Å². The molecule has 1 heterocycles. The molecule has 1 aromatic rings. The quantitative estimate of drug-likeness (QED) is 0.482. The van der Waals surface area contributed by atoms with Gasteiger partial charge in [-0.25, -0.2) is 22.2 Å². The van der Waals surface area contributed by atoms with Crippen molar-refractivity contribution in [2.24, 2.45) is 0 Å². The van der Waals surface area contributed by atoms with E-state index in [0.29, 0.717) is 6.07 Å². The molecule has 0 atom stereocenters. The summed E-state index contributed by atoms with van der Waals surface area (Å²) in [7, 11) is 0.452. The van der Waals surface area contributed by atoms with Crippen molar-refractivity contribution in [3.8, 4) is 0 Å². The summed E-state index contributed by atoms with van der Waals surface area (Å²) < 4.78 is 46.9. The van der Waals surface area contributed by atoms with Gasteiger partial charge >= 0.3 is 5.69 Å². The summed E-state index contributed by atoms with van der Waals surface area (Å²) in [5.41, 5.74) is -2.22. The third-order valence-corrected chi connectivity index (χ3v) is 3.16. The second-order valence-corrected chi connectivity index (χ2v) is 5.51. The van der Waals surface area contributed by atoms with Crippen molar-refractivity contribution in [1.29, 1.82) is 0 Å². The summed E-state index contributed by atoms with van der Waals surface area (Å²) in [5.74, 6) is 0. The molecule has 0 radical (unpaired) electrons. The number of hydrogen-bond donors (Lipinski definition) is 0. The van der Waals surface area contributed by atoms with Crippen molar-refractivity contribution in [1.82, 2.24) is 4.98 Å². The number of aromatic nitrogens is 1. The van der Waals surface area contributed by atoms with Crippen LogP contribution in [0.3, 0.4) is 0 Å².